The van der Waals surface area contributed by atoms with Crippen molar-refractivity contribution in [3.63, 3.8) is 0 Å². The van der Waals surface area contributed by atoms with Crippen molar-refractivity contribution in [3.05, 3.63) is 35.7 Å². The SMILES string of the molecule is Cc1coc(-c2ccc(C)c(NC(=O)C(C)CN)c2)n1. The highest BCUT2D eigenvalue weighted by Crippen LogP contribution is 2.25. The predicted molar refractivity (Wildman–Crippen MR) is 78.3 cm³/mol. The van der Waals surface area contributed by atoms with E-state index in [9.17, 15) is 4.79 Å². The van der Waals surface area contributed by atoms with Crippen LogP contribution in [0.1, 0.15) is 18.2 Å². The van der Waals surface area contributed by atoms with Gasteiger partial charge in [0, 0.05) is 23.7 Å². The molecule has 20 heavy (non-hydrogen) atoms. The molecule has 106 valence electrons. The molecule has 2 rings (SSSR count). The van der Waals surface area contributed by atoms with Crippen LogP contribution in [-0.2, 0) is 4.79 Å². The number of nitrogens with zero attached hydrogens (tertiary/aromatic N) is 1. The Bertz CT molecular complexity index is 619. The molecule has 1 aromatic heterocycles. The van der Waals surface area contributed by atoms with Crippen molar-refractivity contribution >= 4 is 11.6 Å². The maximum absolute atomic E-state index is 11.9. The summed E-state index contributed by atoms with van der Waals surface area (Å²) in [6, 6.07) is 5.71. The van der Waals surface area contributed by atoms with Crippen LogP contribution in [0.15, 0.2) is 28.9 Å². The van der Waals surface area contributed by atoms with E-state index in [-0.39, 0.29) is 11.8 Å². The van der Waals surface area contributed by atoms with Gasteiger partial charge in [0.05, 0.1) is 5.69 Å². The van der Waals surface area contributed by atoms with E-state index in [0.717, 1.165) is 22.5 Å². The average Bonchev–Trinajstić information content (AvgIpc) is 2.86. The van der Waals surface area contributed by atoms with Gasteiger partial charge in [-0.15, -0.1) is 0 Å². The number of carbonyl (C=O) groups is 1. The molecule has 1 atom stereocenters. The molecule has 0 bridgehead atoms. The molecule has 0 aliphatic heterocycles. The van der Waals surface area contributed by atoms with Crippen LogP contribution in [0, 0.1) is 19.8 Å². The predicted octanol–water partition coefficient (Wildman–Crippen LogP) is 2.49. The number of aromatic nitrogens is 1. The van der Waals surface area contributed by atoms with E-state index in [2.05, 4.69) is 10.3 Å². The molecule has 3 N–H and O–H groups in total. The van der Waals surface area contributed by atoms with Gasteiger partial charge in [-0.2, -0.15) is 0 Å². The number of carbonyl (C=O) groups excluding carboxylic acids is 1. The average molecular weight is 273 g/mol. The summed E-state index contributed by atoms with van der Waals surface area (Å²) in [4.78, 5) is 16.2. The molecule has 1 heterocycles. The summed E-state index contributed by atoms with van der Waals surface area (Å²) in [6.07, 6.45) is 1.60. The number of hydrogen-bond acceptors (Lipinski definition) is 4. The molecule has 0 aliphatic carbocycles. The molecule has 0 fully saturated rings. The molecular formula is C15H19N3O2. The van der Waals surface area contributed by atoms with Gasteiger partial charge in [-0.1, -0.05) is 13.0 Å². The first-order valence-electron chi connectivity index (χ1n) is 6.55. The summed E-state index contributed by atoms with van der Waals surface area (Å²) >= 11 is 0. The number of rotatable bonds is 4. The molecule has 1 amide bonds. The third-order valence-electron chi connectivity index (χ3n) is 3.16. The van der Waals surface area contributed by atoms with Crippen molar-refractivity contribution < 1.29 is 9.21 Å². The smallest absolute Gasteiger partial charge is 0.228 e. The van der Waals surface area contributed by atoms with Crippen LogP contribution in [0.4, 0.5) is 5.69 Å². The van der Waals surface area contributed by atoms with Crippen LogP contribution in [0.3, 0.4) is 0 Å². The molecular weight excluding hydrogens is 254 g/mol. The van der Waals surface area contributed by atoms with Gasteiger partial charge < -0.3 is 15.5 Å². The van der Waals surface area contributed by atoms with Crippen LogP contribution in [-0.4, -0.2) is 17.4 Å². The topological polar surface area (TPSA) is 81.2 Å². The fourth-order valence-electron chi connectivity index (χ4n) is 1.74. The van der Waals surface area contributed by atoms with Crippen LogP contribution in [0.25, 0.3) is 11.5 Å². The lowest BCUT2D eigenvalue weighted by Crippen LogP contribution is -2.26. The van der Waals surface area contributed by atoms with Crippen molar-refractivity contribution in [2.24, 2.45) is 11.7 Å². The van der Waals surface area contributed by atoms with E-state index in [1.54, 1.807) is 13.2 Å². The number of anilines is 1. The number of hydrogen-bond donors (Lipinski definition) is 2. The van der Waals surface area contributed by atoms with Gasteiger partial charge in [-0.3, -0.25) is 4.79 Å². The van der Waals surface area contributed by atoms with Crippen molar-refractivity contribution in [3.8, 4) is 11.5 Å². The van der Waals surface area contributed by atoms with Gasteiger partial charge in [0.2, 0.25) is 11.8 Å². The molecule has 0 saturated heterocycles. The fourth-order valence-corrected chi connectivity index (χ4v) is 1.74. The number of oxazole rings is 1. The zero-order chi connectivity index (χ0) is 14.7. The first-order chi connectivity index (χ1) is 9.51. The Morgan fingerprint density at radius 2 is 2.20 bits per heavy atom. The maximum atomic E-state index is 11.9. The first kappa shape index (κ1) is 14.3. The summed E-state index contributed by atoms with van der Waals surface area (Å²) in [6.45, 7) is 5.93. The Kier molecular flexibility index (Phi) is 4.20. The molecule has 0 spiro atoms. The second-order valence-corrected chi connectivity index (χ2v) is 4.95. The Balaban J connectivity index is 2.27. The molecule has 5 nitrogen and oxygen atoms in total. The first-order valence-corrected chi connectivity index (χ1v) is 6.55. The van der Waals surface area contributed by atoms with E-state index < -0.39 is 0 Å². The highest BCUT2D eigenvalue weighted by molar-refractivity contribution is 5.93. The van der Waals surface area contributed by atoms with Crippen LogP contribution < -0.4 is 11.1 Å². The number of aryl methyl sites for hydroxylation is 2. The normalized spacial score (nSPS) is 12.2. The molecule has 1 aromatic carbocycles. The molecule has 0 saturated carbocycles. The Morgan fingerprint density at radius 3 is 2.80 bits per heavy atom. The van der Waals surface area contributed by atoms with Crippen molar-refractivity contribution in [1.29, 1.82) is 0 Å². The highest BCUT2D eigenvalue weighted by Gasteiger charge is 2.13. The second-order valence-electron chi connectivity index (χ2n) is 4.95. The van der Waals surface area contributed by atoms with E-state index >= 15 is 0 Å². The van der Waals surface area contributed by atoms with Crippen molar-refractivity contribution in [2.45, 2.75) is 20.8 Å². The molecule has 5 heteroatoms. The monoisotopic (exact) mass is 273 g/mol. The van der Waals surface area contributed by atoms with Gasteiger partial charge >= 0.3 is 0 Å². The van der Waals surface area contributed by atoms with Crippen LogP contribution in [0.2, 0.25) is 0 Å². The lowest BCUT2D eigenvalue weighted by atomic mass is 10.1. The highest BCUT2D eigenvalue weighted by atomic mass is 16.3. The Labute approximate surface area is 118 Å². The number of amides is 1. The standard InChI is InChI=1S/C15H19N3O2/c1-9-4-5-12(15-17-11(3)8-20-15)6-13(9)18-14(19)10(2)7-16/h4-6,8,10H,7,16H2,1-3H3,(H,18,19). The summed E-state index contributed by atoms with van der Waals surface area (Å²) in [5, 5.41) is 2.89. The van der Waals surface area contributed by atoms with E-state index in [1.807, 2.05) is 32.0 Å². The minimum Gasteiger partial charge on any atom is -0.444 e. The quantitative estimate of drug-likeness (QED) is 0.896. The number of benzene rings is 1. The second kappa shape index (κ2) is 5.88. The minimum atomic E-state index is -0.220. The van der Waals surface area contributed by atoms with Crippen LogP contribution in [0.5, 0.6) is 0 Å². The van der Waals surface area contributed by atoms with Gasteiger partial charge in [-0.05, 0) is 31.5 Å². The summed E-state index contributed by atoms with van der Waals surface area (Å²) < 4.78 is 5.37. The zero-order valence-corrected chi connectivity index (χ0v) is 11.9. The minimum absolute atomic E-state index is 0.0867. The third kappa shape index (κ3) is 3.05. The Hall–Kier alpha value is -2.14. The van der Waals surface area contributed by atoms with Crippen molar-refractivity contribution in [2.75, 3.05) is 11.9 Å². The van der Waals surface area contributed by atoms with E-state index in [0.29, 0.717) is 12.4 Å². The largest absolute Gasteiger partial charge is 0.444 e. The zero-order valence-electron chi connectivity index (χ0n) is 11.9. The number of nitrogens with one attached hydrogen (secondary N) is 1. The van der Waals surface area contributed by atoms with E-state index in [4.69, 9.17) is 10.2 Å². The lowest BCUT2D eigenvalue weighted by molar-refractivity contribution is -0.119. The van der Waals surface area contributed by atoms with Gasteiger partial charge in [0.1, 0.15) is 6.26 Å². The van der Waals surface area contributed by atoms with Gasteiger partial charge in [0.15, 0.2) is 0 Å². The van der Waals surface area contributed by atoms with E-state index in [1.165, 1.54) is 0 Å². The van der Waals surface area contributed by atoms with Gasteiger partial charge in [0.25, 0.3) is 0 Å². The third-order valence-corrected chi connectivity index (χ3v) is 3.16. The summed E-state index contributed by atoms with van der Waals surface area (Å²) in [5.74, 6) is 0.239. The molecule has 0 radical (unpaired) electrons. The fraction of sp³-hybridized carbons (Fsp3) is 0.333. The van der Waals surface area contributed by atoms with Gasteiger partial charge in [-0.25, -0.2) is 4.98 Å². The van der Waals surface area contributed by atoms with Crippen molar-refractivity contribution in [1.82, 2.24) is 4.98 Å². The summed E-state index contributed by atoms with van der Waals surface area (Å²) in [5.41, 5.74) is 8.89. The molecule has 1 unspecified atom stereocenters. The summed E-state index contributed by atoms with van der Waals surface area (Å²) in [7, 11) is 0. The molecule has 0 aliphatic rings. The Morgan fingerprint density at radius 1 is 1.45 bits per heavy atom. The van der Waals surface area contributed by atoms with Crippen LogP contribution >= 0.6 is 0 Å². The maximum Gasteiger partial charge on any atom is 0.228 e. The lowest BCUT2D eigenvalue weighted by Gasteiger charge is -2.12. The number of nitrogens with two attached hydrogens (primary N) is 1. The molecule has 2 aromatic rings.